The molecule has 4 nitrogen and oxygen atoms in total. The lowest BCUT2D eigenvalue weighted by atomic mass is 10.00. The number of nitrogens with two attached hydrogens (primary N) is 1. The molecule has 3 N–H and O–H groups in total. The lowest BCUT2D eigenvalue weighted by Gasteiger charge is -2.13. The van der Waals surface area contributed by atoms with Crippen molar-refractivity contribution in [3.8, 4) is 0 Å². The van der Waals surface area contributed by atoms with Crippen molar-refractivity contribution >= 4 is 27.5 Å². The zero-order valence-electron chi connectivity index (χ0n) is 11.0. The van der Waals surface area contributed by atoms with Crippen LogP contribution < -0.4 is 11.3 Å². The van der Waals surface area contributed by atoms with Gasteiger partial charge in [0.15, 0.2) is 0 Å². The van der Waals surface area contributed by atoms with Crippen LogP contribution in [0.2, 0.25) is 0 Å². The molecular weight excluding hydrogens is 236 g/mol. The average Bonchev–Trinajstić information content (AvgIpc) is 2.45. The lowest BCUT2D eigenvalue weighted by molar-refractivity contribution is 0.862. The standard InChI is InChI=1S/C15H16N4/c1-9(2)13-7-10-3-4-11-8-17-6-5-12(11)14(10)18-15(13)19-16/h3-9H,16H2,1-2H3,(H,18,19). The number of nitrogens with one attached hydrogen (secondary N) is 1. The van der Waals surface area contributed by atoms with Crippen molar-refractivity contribution in [3.05, 3.63) is 42.2 Å². The van der Waals surface area contributed by atoms with E-state index in [0.29, 0.717) is 5.92 Å². The first kappa shape index (κ1) is 11.9. The zero-order valence-corrected chi connectivity index (χ0v) is 11.0. The summed E-state index contributed by atoms with van der Waals surface area (Å²) in [5, 5.41) is 3.31. The summed E-state index contributed by atoms with van der Waals surface area (Å²) in [5.74, 6) is 6.71. The van der Waals surface area contributed by atoms with E-state index in [9.17, 15) is 0 Å². The van der Waals surface area contributed by atoms with Gasteiger partial charge in [-0.1, -0.05) is 26.0 Å². The van der Waals surface area contributed by atoms with Gasteiger partial charge in [0.1, 0.15) is 5.82 Å². The van der Waals surface area contributed by atoms with Crippen molar-refractivity contribution in [1.82, 2.24) is 9.97 Å². The first-order chi connectivity index (χ1) is 9.20. The highest BCUT2D eigenvalue weighted by atomic mass is 15.2. The molecule has 0 amide bonds. The van der Waals surface area contributed by atoms with Crippen molar-refractivity contribution in [2.75, 3.05) is 5.43 Å². The quantitative estimate of drug-likeness (QED) is 0.417. The minimum absolute atomic E-state index is 0.371. The van der Waals surface area contributed by atoms with E-state index >= 15 is 0 Å². The maximum atomic E-state index is 5.60. The Bertz CT molecular complexity index is 750. The van der Waals surface area contributed by atoms with Gasteiger partial charge in [0, 0.05) is 28.6 Å². The van der Waals surface area contributed by atoms with Crippen LogP contribution in [-0.4, -0.2) is 9.97 Å². The zero-order chi connectivity index (χ0) is 13.4. The Morgan fingerprint density at radius 1 is 1.16 bits per heavy atom. The SMILES string of the molecule is CC(C)c1cc2ccc3cnccc3c2nc1NN. The van der Waals surface area contributed by atoms with Gasteiger partial charge in [0.05, 0.1) is 5.52 Å². The Morgan fingerprint density at radius 3 is 2.68 bits per heavy atom. The minimum atomic E-state index is 0.371. The number of fused-ring (bicyclic) bond motifs is 3. The Balaban J connectivity index is 2.41. The summed E-state index contributed by atoms with van der Waals surface area (Å²) >= 11 is 0. The second-order valence-corrected chi connectivity index (χ2v) is 4.96. The molecule has 0 radical (unpaired) electrons. The van der Waals surface area contributed by atoms with Crippen molar-refractivity contribution in [3.63, 3.8) is 0 Å². The van der Waals surface area contributed by atoms with Crippen LogP contribution in [0.1, 0.15) is 25.3 Å². The molecule has 0 bridgehead atoms. The predicted molar refractivity (Wildman–Crippen MR) is 78.9 cm³/mol. The van der Waals surface area contributed by atoms with Crippen LogP contribution in [0.3, 0.4) is 0 Å². The number of nitrogen functional groups attached to an aromatic ring is 1. The van der Waals surface area contributed by atoms with Crippen molar-refractivity contribution < 1.29 is 0 Å². The molecule has 2 aromatic heterocycles. The molecule has 0 aliphatic heterocycles. The van der Waals surface area contributed by atoms with E-state index in [1.54, 1.807) is 6.20 Å². The molecule has 1 aromatic carbocycles. The summed E-state index contributed by atoms with van der Waals surface area (Å²) in [6, 6.07) is 8.30. The van der Waals surface area contributed by atoms with Crippen molar-refractivity contribution in [2.45, 2.75) is 19.8 Å². The molecule has 2 heterocycles. The number of aromatic nitrogens is 2. The summed E-state index contributed by atoms with van der Waals surface area (Å²) in [4.78, 5) is 8.82. The van der Waals surface area contributed by atoms with E-state index < -0.39 is 0 Å². The van der Waals surface area contributed by atoms with Gasteiger partial charge in [-0.05, 0) is 23.6 Å². The monoisotopic (exact) mass is 252 g/mol. The fourth-order valence-electron chi connectivity index (χ4n) is 2.38. The summed E-state index contributed by atoms with van der Waals surface area (Å²) in [6.45, 7) is 4.27. The number of nitrogens with zero attached hydrogens (tertiary/aromatic N) is 2. The van der Waals surface area contributed by atoms with E-state index in [2.05, 4.69) is 47.4 Å². The van der Waals surface area contributed by atoms with Gasteiger partial charge in [-0.25, -0.2) is 10.8 Å². The fraction of sp³-hybridized carbons (Fsp3) is 0.200. The van der Waals surface area contributed by atoms with E-state index in [1.807, 2.05) is 12.3 Å². The Kier molecular flexibility index (Phi) is 2.80. The molecule has 19 heavy (non-hydrogen) atoms. The van der Waals surface area contributed by atoms with Crippen LogP contribution in [-0.2, 0) is 0 Å². The van der Waals surface area contributed by atoms with Crippen LogP contribution in [0.4, 0.5) is 5.82 Å². The molecule has 0 fully saturated rings. The van der Waals surface area contributed by atoms with Gasteiger partial charge in [0.2, 0.25) is 0 Å². The molecular formula is C15H16N4. The molecule has 0 atom stereocenters. The van der Waals surface area contributed by atoms with Gasteiger partial charge >= 0.3 is 0 Å². The molecule has 0 saturated heterocycles. The number of pyridine rings is 2. The number of hydrazine groups is 1. The number of hydrogen-bond acceptors (Lipinski definition) is 4. The highest BCUT2D eigenvalue weighted by Gasteiger charge is 2.11. The van der Waals surface area contributed by atoms with Gasteiger partial charge in [0.25, 0.3) is 0 Å². The number of benzene rings is 1. The van der Waals surface area contributed by atoms with Gasteiger partial charge < -0.3 is 5.43 Å². The predicted octanol–water partition coefficient (Wildman–Crippen LogP) is 3.19. The van der Waals surface area contributed by atoms with Crippen LogP contribution >= 0.6 is 0 Å². The van der Waals surface area contributed by atoms with Crippen LogP contribution in [0.15, 0.2) is 36.7 Å². The molecule has 96 valence electrons. The molecule has 0 aliphatic carbocycles. The lowest BCUT2D eigenvalue weighted by Crippen LogP contribution is -2.12. The third-order valence-electron chi connectivity index (χ3n) is 3.39. The maximum Gasteiger partial charge on any atom is 0.144 e. The number of anilines is 1. The molecule has 4 heteroatoms. The van der Waals surface area contributed by atoms with E-state index in [-0.39, 0.29) is 0 Å². The van der Waals surface area contributed by atoms with E-state index in [0.717, 1.165) is 33.1 Å². The molecule has 0 spiro atoms. The normalized spacial score (nSPS) is 11.4. The van der Waals surface area contributed by atoms with E-state index in [1.165, 1.54) is 0 Å². The van der Waals surface area contributed by atoms with E-state index in [4.69, 9.17) is 5.84 Å². The molecule has 0 unspecified atom stereocenters. The maximum absolute atomic E-state index is 5.60. The molecule has 3 aromatic rings. The third kappa shape index (κ3) is 1.90. The third-order valence-corrected chi connectivity index (χ3v) is 3.39. The summed E-state index contributed by atoms with van der Waals surface area (Å²) in [7, 11) is 0. The molecule has 3 rings (SSSR count). The summed E-state index contributed by atoms with van der Waals surface area (Å²) < 4.78 is 0. The topological polar surface area (TPSA) is 63.8 Å². The molecule has 0 saturated carbocycles. The number of rotatable bonds is 2. The highest BCUT2D eigenvalue weighted by molar-refractivity contribution is 6.05. The highest BCUT2D eigenvalue weighted by Crippen LogP contribution is 2.30. The van der Waals surface area contributed by atoms with Crippen molar-refractivity contribution in [1.29, 1.82) is 0 Å². The van der Waals surface area contributed by atoms with Gasteiger partial charge in [-0.3, -0.25) is 4.98 Å². The first-order valence-corrected chi connectivity index (χ1v) is 6.34. The summed E-state index contributed by atoms with van der Waals surface area (Å²) in [6.07, 6.45) is 3.64. The Hall–Kier alpha value is -2.20. The average molecular weight is 252 g/mol. The fourth-order valence-corrected chi connectivity index (χ4v) is 2.38. The van der Waals surface area contributed by atoms with Crippen LogP contribution in [0, 0.1) is 0 Å². The minimum Gasteiger partial charge on any atom is -0.308 e. The second-order valence-electron chi connectivity index (χ2n) is 4.96. The number of hydrogen-bond donors (Lipinski definition) is 2. The van der Waals surface area contributed by atoms with Crippen LogP contribution in [0.25, 0.3) is 21.7 Å². The van der Waals surface area contributed by atoms with Crippen LogP contribution in [0.5, 0.6) is 0 Å². The first-order valence-electron chi connectivity index (χ1n) is 6.34. The smallest absolute Gasteiger partial charge is 0.144 e. The Morgan fingerprint density at radius 2 is 1.95 bits per heavy atom. The van der Waals surface area contributed by atoms with Gasteiger partial charge in [-0.15, -0.1) is 0 Å². The molecule has 0 aliphatic rings. The van der Waals surface area contributed by atoms with Crippen molar-refractivity contribution in [2.24, 2.45) is 5.84 Å². The summed E-state index contributed by atoms with van der Waals surface area (Å²) in [5.41, 5.74) is 4.79. The second kappa shape index (κ2) is 4.48. The van der Waals surface area contributed by atoms with Gasteiger partial charge in [-0.2, -0.15) is 0 Å². The Labute approximate surface area is 111 Å². The largest absolute Gasteiger partial charge is 0.308 e.